The SMILES string of the molecule is NCC1(CC(=O)Nc2cccc(NC(=O)c3cccs3)c2)CCCCC1. The average Bonchev–Trinajstić information content (AvgIpc) is 3.17. The highest BCUT2D eigenvalue weighted by Crippen LogP contribution is 2.38. The van der Waals surface area contributed by atoms with Gasteiger partial charge in [0.1, 0.15) is 0 Å². The maximum Gasteiger partial charge on any atom is 0.265 e. The van der Waals surface area contributed by atoms with Crippen LogP contribution in [0.3, 0.4) is 0 Å². The molecule has 1 aliphatic carbocycles. The molecule has 3 rings (SSSR count). The van der Waals surface area contributed by atoms with E-state index in [4.69, 9.17) is 5.73 Å². The minimum Gasteiger partial charge on any atom is -0.330 e. The zero-order valence-electron chi connectivity index (χ0n) is 14.8. The van der Waals surface area contributed by atoms with Crippen LogP contribution in [0.4, 0.5) is 11.4 Å². The maximum absolute atomic E-state index is 12.5. The molecular formula is C20H25N3O2S. The van der Waals surface area contributed by atoms with Crippen molar-refractivity contribution in [1.29, 1.82) is 0 Å². The first-order valence-corrected chi connectivity index (χ1v) is 9.93. The van der Waals surface area contributed by atoms with E-state index >= 15 is 0 Å². The Hall–Kier alpha value is -2.18. The van der Waals surface area contributed by atoms with E-state index in [9.17, 15) is 9.59 Å². The molecule has 2 aromatic rings. The molecule has 4 N–H and O–H groups in total. The molecule has 1 heterocycles. The summed E-state index contributed by atoms with van der Waals surface area (Å²) in [5, 5.41) is 7.68. The highest BCUT2D eigenvalue weighted by atomic mass is 32.1. The Kier molecular flexibility index (Phi) is 6.06. The molecule has 0 saturated heterocycles. The van der Waals surface area contributed by atoms with E-state index < -0.39 is 0 Å². The topological polar surface area (TPSA) is 84.2 Å². The van der Waals surface area contributed by atoms with Crippen LogP contribution >= 0.6 is 11.3 Å². The predicted molar refractivity (Wildman–Crippen MR) is 107 cm³/mol. The molecular weight excluding hydrogens is 346 g/mol. The molecule has 0 spiro atoms. The summed E-state index contributed by atoms with van der Waals surface area (Å²) in [6.07, 6.45) is 6.02. The number of thiophene rings is 1. The number of hydrogen-bond donors (Lipinski definition) is 3. The molecule has 1 saturated carbocycles. The fourth-order valence-corrected chi connectivity index (χ4v) is 4.19. The number of nitrogens with one attached hydrogen (secondary N) is 2. The fourth-order valence-electron chi connectivity index (χ4n) is 3.58. The Morgan fingerprint density at radius 2 is 1.77 bits per heavy atom. The Morgan fingerprint density at radius 1 is 1.04 bits per heavy atom. The van der Waals surface area contributed by atoms with Gasteiger partial charge in [0.25, 0.3) is 5.91 Å². The van der Waals surface area contributed by atoms with E-state index in [0.29, 0.717) is 29.2 Å². The Balaban J connectivity index is 1.61. The van der Waals surface area contributed by atoms with Gasteiger partial charge in [-0.2, -0.15) is 0 Å². The zero-order valence-corrected chi connectivity index (χ0v) is 15.6. The number of anilines is 2. The average molecular weight is 372 g/mol. The standard InChI is InChI=1S/C20H25N3O2S/c21-14-20(9-2-1-3-10-20)13-18(24)22-15-6-4-7-16(12-15)23-19(25)17-8-5-11-26-17/h4-8,11-12H,1-3,9-10,13-14,21H2,(H,22,24)(H,23,25). The second-order valence-electron chi connectivity index (χ2n) is 7.00. The number of hydrogen-bond acceptors (Lipinski definition) is 4. The molecule has 0 atom stereocenters. The lowest BCUT2D eigenvalue weighted by Gasteiger charge is -2.35. The largest absolute Gasteiger partial charge is 0.330 e. The molecule has 0 bridgehead atoms. The van der Waals surface area contributed by atoms with E-state index in [1.54, 1.807) is 12.1 Å². The lowest BCUT2D eigenvalue weighted by molar-refractivity contribution is -0.118. The van der Waals surface area contributed by atoms with Crippen LogP contribution in [0, 0.1) is 5.41 Å². The number of rotatable bonds is 6. The van der Waals surface area contributed by atoms with E-state index in [1.165, 1.54) is 17.8 Å². The third-order valence-corrected chi connectivity index (χ3v) is 5.90. The van der Waals surface area contributed by atoms with Crippen molar-refractivity contribution in [2.45, 2.75) is 38.5 Å². The molecule has 6 heteroatoms. The Bertz CT molecular complexity index is 752. The number of carbonyl (C=O) groups excluding carboxylic acids is 2. The summed E-state index contributed by atoms with van der Waals surface area (Å²) in [4.78, 5) is 25.3. The van der Waals surface area contributed by atoms with Crippen LogP contribution in [0.15, 0.2) is 41.8 Å². The monoisotopic (exact) mass is 371 g/mol. The molecule has 26 heavy (non-hydrogen) atoms. The van der Waals surface area contributed by atoms with Gasteiger partial charge in [0.2, 0.25) is 5.91 Å². The van der Waals surface area contributed by atoms with Crippen molar-refractivity contribution in [1.82, 2.24) is 0 Å². The van der Waals surface area contributed by atoms with Gasteiger partial charge in [-0.15, -0.1) is 11.3 Å². The van der Waals surface area contributed by atoms with Crippen molar-refractivity contribution in [3.8, 4) is 0 Å². The van der Waals surface area contributed by atoms with Gasteiger partial charge in [-0.25, -0.2) is 0 Å². The molecule has 5 nitrogen and oxygen atoms in total. The van der Waals surface area contributed by atoms with Crippen LogP contribution in [0.2, 0.25) is 0 Å². The second kappa shape index (κ2) is 8.47. The van der Waals surface area contributed by atoms with E-state index in [1.807, 2.05) is 29.6 Å². The second-order valence-corrected chi connectivity index (χ2v) is 7.95. The van der Waals surface area contributed by atoms with Crippen molar-refractivity contribution in [3.05, 3.63) is 46.7 Å². The van der Waals surface area contributed by atoms with Crippen molar-refractivity contribution < 1.29 is 9.59 Å². The van der Waals surface area contributed by atoms with E-state index in [2.05, 4.69) is 10.6 Å². The molecule has 1 fully saturated rings. The first-order valence-electron chi connectivity index (χ1n) is 9.05. The molecule has 2 amide bonds. The highest BCUT2D eigenvalue weighted by molar-refractivity contribution is 7.12. The van der Waals surface area contributed by atoms with Crippen LogP contribution in [0.5, 0.6) is 0 Å². The minimum absolute atomic E-state index is 0.0147. The molecule has 138 valence electrons. The number of nitrogens with two attached hydrogens (primary N) is 1. The normalized spacial score (nSPS) is 16.0. The Morgan fingerprint density at radius 3 is 2.42 bits per heavy atom. The van der Waals surface area contributed by atoms with Gasteiger partial charge in [0, 0.05) is 17.8 Å². The molecule has 0 aliphatic heterocycles. The quantitative estimate of drug-likeness (QED) is 0.710. The van der Waals surface area contributed by atoms with Gasteiger partial charge < -0.3 is 16.4 Å². The van der Waals surface area contributed by atoms with Crippen LogP contribution in [-0.4, -0.2) is 18.4 Å². The van der Waals surface area contributed by atoms with Crippen molar-refractivity contribution in [2.24, 2.45) is 11.1 Å². The predicted octanol–water partition coefficient (Wildman–Crippen LogP) is 4.24. The maximum atomic E-state index is 12.5. The van der Waals surface area contributed by atoms with Crippen LogP contribution in [0.25, 0.3) is 0 Å². The molecule has 1 aliphatic rings. The van der Waals surface area contributed by atoms with E-state index in [-0.39, 0.29) is 17.2 Å². The summed E-state index contributed by atoms with van der Waals surface area (Å²) < 4.78 is 0. The zero-order chi connectivity index (χ0) is 18.4. The van der Waals surface area contributed by atoms with Gasteiger partial charge in [-0.1, -0.05) is 31.4 Å². The summed E-state index contributed by atoms with van der Waals surface area (Å²) >= 11 is 1.39. The molecule has 1 aromatic carbocycles. The summed E-state index contributed by atoms with van der Waals surface area (Å²) in [7, 11) is 0. The minimum atomic E-state index is -0.146. The first-order chi connectivity index (χ1) is 12.6. The van der Waals surface area contributed by atoms with Crippen LogP contribution in [0.1, 0.15) is 48.2 Å². The molecule has 0 unspecified atom stereocenters. The molecule has 1 aromatic heterocycles. The van der Waals surface area contributed by atoms with E-state index in [0.717, 1.165) is 25.7 Å². The van der Waals surface area contributed by atoms with Gasteiger partial charge in [-0.3, -0.25) is 9.59 Å². The van der Waals surface area contributed by atoms with Crippen molar-refractivity contribution in [3.63, 3.8) is 0 Å². The van der Waals surface area contributed by atoms with Crippen molar-refractivity contribution in [2.75, 3.05) is 17.2 Å². The van der Waals surface area contributed by atoms with Crippen molar-refractivity contribution >= 4 is 34.5 Å². The summed E-state index contributed by atoms with van der Waals surface area (Å²) in [5.74, 6) is -0.160. The Labute approximate surface area is 158 Å². The van der Waals surface area contributed by atoms with Crippen LogP contribution < -0.4 is 16.4 Å². The van der Waals surface area contributed by atoms with Gasteiger partial charge >= 0.3 is 0 Å². The third kappa shape index (κ3) is 4.71. The lowest BCUT2D eigenvalue weighted by Crippen LogP contribution is -2.36. The third-order valence-electron chi connectivity index (χ3n) is 5.03. The summed E-state index contributed by atoms with van der Waals surface area (Å²) in [5.41, 5.74) is 7.26. The van der Waals surface area contributed by atoms with Gasteiger partial charge in [0.05, 0.1) is 4.88 Å². The number of amides is 2. The molecule has 0 radical (unpaired) electrons. The smallest absolute Gasteiger partial charge is 0.265 e. The van der Waals surface area contributed by atoms with Gasteiger partial charge in [-0.05, 0) is 54.4 Å². The fraction of sp³-hybridized carbons (Fsp3) is 0.400. The number of carbonyl (C=O) groups is 2. The summed E-state index contributed by atoms with van der Waals surface area (Å²) in [6, 6.07) is 10.9. The number of benzene rings is 1. The lowest BCUT2D eigenvalue weighted by atomic mass is 9.71. The summed E-state index contributed by atoms with van der Waals surface area (Å²) in [6.45, 7) is 0.553. The van der Waals surface area contributed by atoms with Gasteiger partial charge in [0.15, 0.2) is 0 Å². The highest BCUT2D eigenvalue weighted by Gasteiger charge is 2.32. The first kappa shape index (κ1) is 18.6. The van der Waals surface area contributed by atoms with Crippen LogP contribution in [-0.2, 0) is 4.79 Å².